The number of halogens is 2. The number of Topliss-reactive ketones (excluding diaryl/α,β-unsaturated/α-hetero) is 1. The van der Waals surface area contributed by atoms with E-state index < -0.39 is 15.8 Å². The molecule has 1 N–H and O–H groups in total. The van der Waals surface area contributed by atoms with Crippen LogP contribution in [0.4, 0.5) is 4.39 Å². The maximum Gasteiger partial charge on any atom is 0.240 e. The van der Waals surface area contributed by atoms with Crippen LogP contribution in [0.25, 0.3) is 0 Å². The first-order chi connectivity index (χ1) is 13.7. The molecule has 0 aliphatic rings. The van der Waals surface area contributed by atoms with Gasteiger partial charge in [0.1, 0.15) is 5.82 Å². The molecule has 3 rings (SSSR count). The second kappa shape index (κ2) is 9.04. The Hall–Kier alpha value is -2.27. The lowest BCUT2D eigenvalue weighted by molar-refractivity contribution is 0.0973. The number of sulfonamides is 1. The third kappa shape index (κ3) is 5.63. The third-order valence-electron chi connectivity index (χ3n) is 3.89. The lowest BCUT2D eigenvalue weighted by atomic mass is 10.2. The largest absolute Gasteiger partial charge is 0.291 e. The molecule has 7 nitrogen and oxygen atoms in total. The summed E-state index contributed by atoms with van der Waals surface area (Å²) in [7, 11) is -3.89. The standard InChI is InChI=1S/C18H16ClFN4O3S2/c1-11-21-10-13(28-11)2-5-17(25)18-22-7-12(8-23-18)9-24-29(26,27)14-3-4-16(20)15(19)6-14/h3-4,6-8,10,24H,2,5,9H2,1H3. The van der Waals surface area contributed by atoms with Gasteiger partial charge < -0.3 is 0 Å². The van der Waals surface area contributed by atoms with E-state index in [4.69, 9.17) is 11.6 Å². The molecule has 0 atom stereocenters. The van der Waals surface area contributed by atoms with Gasteiger partial charge in [-0.15, -0.1) is 11.3 Å². The zero-order valence-corrected chi connectivity index (χ0v) is 17.6. The van der Waals surface area contributed by atoms with Crippen molar-refractivity contribution < 1.29 is 17.6 Å². The Morgan fingerprint density at radius 3 is 2.55 bits per heavy atom. The van der Waals surface area contributed by atoms with Gasteiger partial charge in [0.05, 0.1) is 14.9 Å². The number of nitrogens with zero attached hydrogens (tertiary/aromatic N) is 3. The van der Waals surface area contributed by atoms with Crippen molar-refractivity contribution in [3.05, 3.63) is 68.9 Å². The summed E-state index contributed by atoms with van der Waals surface area (Å²) in [6, 6.07) is 3.13. The van der Waals surface area contributed by atoms with E-state index in [0.29, 0.717) is 12.0 Å². The maximum atomic E-state index is 13.2. The van der Waals surface area contributed by atoms with Gasteiger partial charge in [0, 0.05) is 42.0 Å². The Morgan fingerprint density at radius 1 is 1.21 bits per heavy atom. The van der Waals surface area contributed by atoms with Gasteiger partial charge in [-0.1, -0.05) is 11.6 Å². The van der Waals surface area contributed by atoms with Crippen LogP contribution in [0, 0.1) is 12.7 Å². The summed E-state index contributed by atoms with van der Waals surface area (Å²) in [4.78, 5) is 25.2. The number of carbonyl (C=O) groups is 1. The van der Waals surface area contributed by atoms with Crippen LogP contribution >= 0.6 is 22.9 Å². The highest BCUT2D eigenvalue weighted by atomic mass is 35.5. The van der Waals surface area contributed by atoms with E-state index in [9.17, 15) is 17.6 Å². The predicted molar refractivity (Wildman–Crippen MR) is 107 cm³/mol. The second-order valence-electron chi connectivity index (χ2n) is 6.08. The van der Waals surface area contributed by atoms with Crippen molar-refractivity contribution in [2.75, 3.05) is 0 Å². The zero-order valence-electron chi connectivity index (χ0n) is 15.2. The first-order valence-electron chi connectivity index (χ1n) is 8.45. The number of carbonyl (C=O) groups excluding carboxylic acids is 1. The first-order valence-corrected chi connectivity index (χ1v) is 11.1. The summed E-state index contributed by atoms with van der Waals surface area (Å²) in [5.74, 6) is -0.836. The number of rotatable bonds is 8. The summed E-state index contributed by atoms with van der Waals surface area (Å²) < 4.78 is 40.1. The third-order valence-corrected chi connectivity index (χ3v) is 6.55. The SMILES string of the molecule is Cc1ncc(CCC(=O)c2ncc(CNS(=O)(=O)c3ccc(F)c(Cl)c3)cn2)s1. The molecule has 0 spiro atoms. The van der Waals surface area contributed by atoms with Gasteiger partial charge in [-0.05, 0) is 31.5 Å². The molecule has 0 fully saturated rings. The van der Waals surface area contributed by atoms with Gasteiger partial charge in [0.15, 0.2) is 11.6 Å². The summed E-state index contributed by atoms with van der Waals surface area (Å²) in [6.45, 7) is 1.81. The van der Waals surface area contributed by atoms with Crippen LogP contribution in [-0.4, -0.2) is 29.2 Å². The number of ketones is 1. The minimum absolute atomic E-state index is 0.0724. The lowest BCUT2D eigenvalue weighted by Crippen LogP contribution is -2.23. The van der Waals surface area contributed by atoms with Crippen LogP contribution in [0.1, 0.15) is 32.5 Å². The summed E-state index contributed by atoms with van der Waals surface area (Å²) >= 11 is 7.17. The van der Waals surface area contributed by atoms with E-state index in [0.717, 1.165) is 28.1 Å². The molecule has 0 saturated heterocycles. The van der Waals surface area contributed by atoms with Crippen molar-refractivity contribution in [1.29, 1.82) is 0 Å². The van der Waals surface area contributed by atoms with Gasteiger partial charge in [0.25, 0.3) is 0 Å². The fourth-order valence-electron chi connectivity index (χ4n) is 2.37. The summed E-state index contributed by atoms with van der Waals surface area (Å²) in [6.07, 6.45) is 5.35. The van der Waals surface area contributed by atoms with Gasteiger partial charge in [-0.3, -0.25) is 4.79 Å². The molecule has 0 amide bonds. The monoisotopic (exact) mass is 454 g/mol. The van der Waals surface area contributed by atoms with Gasteiger partial charge >= 0.3 is 0 Å². The van der Waals surface area contributed by atoms with Crippen LogP contribution < -0.4 is 4.72 Å². The van der Waals surface area contributed by atoms with Crippen LogP contribution in [0.5, 0.6) is 0 Å². The van der Waals surface area contributed by atoms with Crippen molar-refractivity contribution in [1.82, 2.24) is 19.7 Å². The number of hydrogen-bond donors (Lipinski definition) is 1. The van der Waals surface area contributed by atoms with Crippen LogP contribution in [0.3, 0.4) is 0 Å². The molecule has 11 heteroatoms. The minimum atomic E-state index is -3.89. The van der Waals surface area contributed by atoms with Crippen LogP contribution in [0.15, 0.2) is 41.7 Å². The molecule has 0 bridgehead atoms. The molecule has 1 aromatic carbocycles. The molecule has 29 heavy (non-hydrogen) atoms. The first kappa shape index (κ1) is 21.4. The van der Waals surface area contributed by atoms with Crippen LogP contribution in [0.2, 0.25) is 5.02 Å². The highest BCUT2D eigenvalue weighted by Gasteiger charge is 2.16. The van der Waals surface area contributed by atoms with Crippen molar-refractivity contribution in [3.8, 4) is 0 Å². The Bertz CT molecular complexity index is 1130. The van der Waals surface area contributed by atoms with E-state index in [1.807, 2.05) is 6.92 Å². The number of aromatic nitrogens is 3. The average Bonchev–Trinajstić information content (AvgIpc) is 3.12. The number of nitrogens with one attached hydrogen (secondary N) is 1. The fraction of sp³-hybridized carbons (Fsp3) is 0.222. The molecule has 2 aromatic heterocycles. The van der Waals surface area contributed by atoms with E-state index in [1.165, 1.54) is 23.7 Å². The molecule has 0 aliphatic heterocycles. The van der Waals surface area contributed by atoms with E-state index in [2.05, 4.69) is 19.7 Å². The smallest absolute Gasteiger partial charge is 0.240 e. The zero-order chi connectivity index (χ0) is 21.0. The number of benzene rings is 1. The van der Waals surface area contributed by atoms with Crippen LogP contribution in [-0.2, 0) is 23.0 Å². The van der Waals surface area contributed by atoms with Crippen molar-refractivity contribution in [3.63, 3.8) is 0 Å². The quantitative estimate of drug-likeness (QED) is 0.524. The molecule has 152 valence electrons. The average molecular weight is 455 g/mol. The second-order valence-corrected chi connectivity index (χ2v) is 9.58. The molecule has 0 radical (unpaired) electrons. The molecular weight excluding hydrogens is 439 g/mol. The van der Waals surface area contributed by atoms with Gasteiger partial charge in [-0.25, -0.2) is 32.5 Å². The molecule has 0 unspecified atom stereocenters. The Kier molecular flexibility index (Phi) is 6.68. The van der Waals surface area contributed by atoms with E-state index >= 15 is 0 Å². The van der Waals surface area contributed by atoms with E-state index in [-0.39, 0.29) is 34.5 Å². The number of hydrogen-bond acceptors (Lipinski definition) is 7. The minimum Gasteiger partial charge on any atom is -0.291 e. The highest BCUT2D eigenvalue weighted by Crippen LogP contribution is 2.19. The fourth-order valence-corrected chi connectivity index (χ4v) is 4.45. The summed E-state index contributed by atoms with van der Waals surface area (Å²) in [5.41, 5.74) is 0.469. The predicted octanol–water partition coefficient (Wildman–Crippen LogP) is 3.33. The number of aryl methyl sites for hydroxylation is 2. The van der Waals surface area contributed by atoms with Gasteiger partial charge in [-0.2, -0.15) is 0 Å². The molecular formula is C18H16ClFN4O3S2. The van der Waals surface area contributed by atoms with Gasteiger partial charge in [0.2, 0.25) is 10.0 Å². The van der Waals surface area contributed by atoms with Crippen molar-refractivity contribution >= 4 is 38.7 Å². The lowest BCUT2D eigenvalue weighted by Gasteiger charge is -2.07. The summed E-state index contributed by atoms with van der Waals surface area (Å²) in [5, 5.41) is 0.658. The topological polar surface area (TPSA) is 102 Å². The van der Waals surface area contributed by atoms with Crippen molar-refractivity contribution in [2.24, 2.45) is 0 Å². The Morgan fingerprint density at radius 2 is 1.93 bits per heavy atom. The highest BCUT2D eigenvalue weighted by molar-refractivity contribution is 7.89. The molecule has 2 heterocycles. The maximum absolute atomic E-state index is 13.2. The molecule has 0 saturated carbocycles. The molecule has 3 aromatic rings. The molecule has 0 aliphatic carbocycles. The van der Waals surface area contributed by atoms with E-state index in [1.54, 1.807) is 6.20 Å². The number of thiazole rings is 1. The normalized spacial score (nSPS) is 11.6. The Labute approximate surface area is 176 Å². The van der Waals surface area contributed by atoms with Crippen molar-refractivity contribution in [2.45, 2.75) is 31.2 Å². The Balaban J connectivity index is 1.58.